The highest BCUT2D eigenvalue weighted by atomic mass is 16.5. The average molecular weight is 300 g/mol. The summed E-state index contributed by atoms with van der Waals surface area (Å²) < 4.78 is 10.3. The number of aliphatic carboxylic acids is 1. The lowest BCUT2D eigenvalue weighted by Crippen LogP contribution is -2.58. The maximum Gasteiger partial charge on any atom is 0.328 e. The van der Waals surface area contributed by atoms with Crippen LogP contribution in [0.5, 0.6) is 0 Å². The minimum Gasteiger partial charge on any atom is -0.480 e. The number of carbonyl (C=O) groups excluding carboxylic acids is 1. The van der Waals surface area contributed by atoms with E-state index in [1.807, 2.05) is 6.92 Å². The summed E-state index contributed by atoms with van der Waals surface area (Å²) in [5.74, 6) is -0.496. The summed E-state index contributed by atoms with van der Waals surface area (Å²) in [7, 11) is 1.60. The zero-order valence-electron chi connectivity index (χ0n) is 12.7. The van der Waals surface area contributed by atoms with Crippen LogP contribution in [-0.4, -0.2) is 79.0 Å². The molecule has 0 aromatic rings. The van der Waals surface area contributed by atoms with E-state index >= 15 is 0 Å². The third-order valence-electron chi connectivity index (χ3n) is 4.24. The van der Waals surface area contributed by atoms with Gasteiger partial charge in [0.15, 0.2) is 6.04 Å². The Morgan fingerprint density at radius 3 is 2.76 bits per heavy atom. The summed E-state index contributed by atoms with van der Waals surface area (Å²) >= 11 is 0. The molecular formula is C14H24N2O5. The van der Waals surface area contributed by atoms with Gasteiger partial charge in [-0.3, -0.25) is 0 Å². The number of hydrogen-bond acceptors (Lipinski definition) is 4. The molecule has 0 bridgehead atoms. The van der Waals surface area contributed by atoms with Crippen LogP contribution in [-0.2, 0) is 14.3 Å². The van der Waals surface area contributed by atoms with Crippen LogP contribution in [0.4, 0.5) is 4.79 Å². The molecule has 1 heterocycles. The van der Waals surface area contributed by atoms with Crippen LogP contribution in [0, 0.1) is 5.92 Å². The van der Waals surface area contributed by atoms with E-state index in [-0.39, 0.29) is 18.7 Å². The predicted molar refractivity (Wildman–Crippen MR) is 75.1 cm³/mol. The number of carboxylic acids is 1. The van der Waals surface area contributed by atoms with Gasteiger partial charge in [-0.25, -0.2) is 9.59 Å². The zero-order valence-corrected chi connectivity index (χ0v) is 12.7. The van der Waals surface area contributed by atoms with Gasteiger partial charge in [0, 0.05) is 26.2 Å². The Balaban J connectivity index is 2.09. The fourth-order valence-corrected chi connectivity index (χ4v) is 2.70. The zero-order chi connectivity index (χ0) is 15.4. The van der Waals surface area contributed by atoms with Crippen molar-refractivity contribution in [3.05, 3.63) is 0 Å². The Kier molecular flexibility index (Phi) is 5.41. The highest BCUT2D eigenvalue weighted by molar-refractivity contribution is 5.83. The van der Waals surface area contributed by atoms with Crippen LogP contribution < -0.4 is 0 Å². The van der Waals surface area contributed by atoms with Gasteiger partial charge in [-0.1, -0.05) is 0 Å². The van der Waals surface area contributed by atoms with Gasteiger partial charge in [0.05, 0.1) is 19.8 Å². The first-order valence-electron chi connectivity index (χ1n) is 7.43. The number of ether oxygens (including phenoxy) is 2. The second-order valence-corrected chi connectivity index (χ2v) is 5.67. The van der Waals surface area contributed by atoms with E-state index in [0.717, 1.165) is 12.8 Å². The normalized spacial score (nSPS) is 23.7. The molecule has 0 spiro atoms. The molecule has 2 atom stereocenters. The van der Waals surface area contributed by atoms with Crippen molar-refractivity contribution < 1.29 is 24.2 Å². The lowest BCUT2D eigenvalue weighted by atomic mass is 10.1. The van der Waals surface area contributed by atoms with Crippen LogP contribution in [0.3, 0.4) is 0 Å². The topological polar surface area (TPSA) is 79.3 Å². The van der Waals surface area contributed by atoms with Gasteiger partial charge in [-0.05, 0) is 25.7 Å². The van der Waals surface area contributed by atoms with Gasteiger partial charge in [0.2, 0.25) is 0 Å². The lowest BCUT2D eigenvalue weighted by molar-refractivity contribution is -0.147. The van der Waals surface area contributed by atoms with Gasteiger partial charge < -0.3 is 24.4 Å². The molecule has 2 aliphatic rings. The van der Waals surface area contributed by atoms with E-state index < -0.39 is 12.0 Å². The van der Waals surface area contributed by atoms with Crippen molar-refractivity contribution >= 4 is 12.0 Å². The smallest absolute Gasteiger partial charge is 0.328 e. The number of carbonyl (C=O) groups is 2. The Bertz CT molecular complexity index is 386. The number of methoxy groups -OCH3 is 1. The minimum absolute atomic E-state index is 0.0526. The maximum atomic E-state index is 12.8. The number of morpholine rings is 1. The third-order valence-corrected chi connectivity index (χ3v) is 4.24. The van der Waals surface area contributed by atoms with E-state index in [4.69, 9.17) is 9.47 Å². The summed E-state index contributed by atoms with van der Waals surface area (Å²) in [6, 6.07) is -1.00. The second-order valence-electron chi connectivity index (χ2n) is 5.67. The van der Waals surface area contributed by atoms with Crippen LogP contribution in [0.25, 0.3) is 0 Å². The molecule has 120 valence electrons. The highest BCUT2D eigenvalue weighted by Gasteiger charge is 2.39. The molecule has 0 radical (unpaired) electrons. The molecule has 1 N–H and O–H groups in total. The lowest BCUT2D eigenvalue weighted by Gasteiger charge is -2.39. The summed E-state index contributed by atoms with van der Waals surface area (Å²) in [4.78, 5) is 27.2. The van der Waals surface area contributed by atoms with Crippen molar-refractivity contribution in [2.75, 3.05) is 40.0 Å². The van der Waals surface area contributed by atoms with E-state index in [9.17, 15) is 14.7 Å². The predicted octanol–water partition coefficient (Wildman–Crippen LogP) is 0.639. The van der Waals surface area contributed by atoms with E-state index in [1.165, 1.54) is 4.90 Å². The number of rotatable bonds is 6. The molecular weight excluding hydrogens is 276 g/mol. The molecule has 1 saturated carbocycles. The van der Waals surface area contributed by atoms with E-state index in [1.54, 1.807) is 12.0 Å². The molecule has 2 unspecified atom stereocenters. The van der Waals surface area contributed by atoms with Crippen molar-refractivity contribution in [3.63, 3.8) is 0 Å². The van der Waals surface area contributed by atoms with Crippen LogP contribution in [0.1, 0.15) is 19.8 Å². The van der Waals surface area contributed by atoms with Gasteiger partial charge >= 0.3 is 12.0 Å². The third kappa shape index (κ3) is 3.85. The van der Waals surface area contributed by atoms with Gasteiger partial charge in [0.25, 0.3) is 0 Å². The van der Waals surface area contributed by atoms with E-state index in [2.05, 4.69) is 0 Å². The molecule has 0 aromatic heterocycles. The Morgan fingerprint density at radius 1 is 1.48 bits per heavy atom. The molecule has 7 heteroatoms. The molecule has 7 nitrogen and oxygen atoms in total. The molecule has 1 saturated heterocycles. The maximum absolute atomic E-state index is 12.8. The molecule has 0 aromatic carbocycles. The molecule has 1 aliphatic heterocycles. The molecule has 2 rings (SSSR count). The van der Waals surface area contributed by atoms with Crippen LogP contribution in [0.2, 0.25) is 0 Å². The second kappa shape index (κ2) is 7.09. The fraction of sp³-hybridized carbons (Fsp3) is 0.857. The van der Waals surface area contributed by atoms with E-state index in [0.29, 0.717) is 32.2 Å². The fourth-order valence-electron chi connectivity index (χ4n) is 2.70. The highest BCUT2D eigenvalue weighted by Crippen LogP contribution is 2.35. The SMILES string of the molecule is COCCN(C(=O)N1CCOCC1C(=O)O)C(C)C1CC1. The quantitative estimate of drug-likeness (QED) is 0.778. The molecule has 2 amide bonds. The van der Waals surface area contributed by atoms with Gasteiger partial charge in [0.1, 0.15) is 0 Å². The first kappa shape index (κ1) is 16.0. The van der Waals surface area contributed by atoms with Crippen molar-refractivity contribution in [1.82, 2.24) is 9.80 Å². The molecule has 21 heavy (non-hydrogen) atoms. The van der Waals surface area contributed by atoms with Crippen molar-refractivity contribution in [3.8, 4) is 0 Å². The van der Waals surface area contributed by atoms with Crippen molar-refractivity contribution in [2.24, 2.45) is 5.92 Å². The largest absolute Gasteiger partial charge is 0.480 e. The summed E-state index contributed by atoms with van der Waals surface area (Å²) in [6.07, 6.45) is 2.26. The standard InChI is InChI=1S/C14H24N2O5/c1-10(11-3-4-11)15(5-7-20-2)14(19)16-6-8-21-9-12(16)13(17)18/h10-12H,3-9H2,1-2H3,(H,17,18). The number of amides is 2. The molecule has 2 fully saturated rings. The van der Waals surface area contributed by atoms with Crippen LogP contribution in [0.15, 0.2) is 0 Å². The minimum atomic E-state index is -1.02. The Morgan fingerprint density at radius 2 is 2.19 bits per heavy atom. The molecule has 1 aliphatic carbocycles. The summed E-state index contributed by atoms with van der Waals surface area (Å²) in [6.45, 7) is 3.71. The number of nitrogens with zero attached hydrogens (tertiary/aromatic N) is 2. The first-order chi connectivity index (χ1) is 10.1. The van der Waals surface area contributed by atoms with Crippen molar-refractivity contribution in [1.29, 1.82) is 0 Å². The van der Waals surface area contributed by atoms with Crippen molar-refractivity contribution in [2.45, 2.75) is 31.8 Å². The first-order valence-corrected chi connectivity index (χ1v) is 7.43. The number of hydrogen-bond donors (Lipinski definition) is 1. The monoisotopic (exact) mass is 300 g/mol. The Labute approximate surface area is 124 Å². The number of urea groups is 1. The van der Waals surface area contributed by atoms with Gasteiger partial charge in [-0.2, -0.15) is 0 Å². The van der Waals surface area contributed by atoms with Gasteiger partial charge in [-0.15, -0.1) is 0 Å². The average Bonchev–Trinajstić information content (AvgIpc) is 3.31. The summed E-state index contributed by atoms with van der Waals surface area (Å²) in [5, 5.41) is 9.26. The number of carboxylic acid groups (broad SMARTS) is 1. The summed E-state index contributed by atoms with van der Waals surface area (Å²) in [5.41, 5.74) is 0. The van der Waals surface area contributed by atoms with Crippen LogP contribution >= 0.6 is 0 Å². The Hall–Kier alpha value is -1.34.